The number of nitrogens with one attached hydrogen (secondary N) is 1. The fraction of sp³-hybridized carbons (Fsp3) is 0.846. The smallest absolute Gasteiger partial charge is 0.138 e. The minimum absolute atomic E-state index is 0.483. The highest BCUT2D eigenvalue weighted by atomic mass is 15.3. The molecule has 0 amide bonds. The number of rotatable bonds is 4. The predicted molar refractivity (Wildman–Crippen MR) is 66.7 cm³/mol. The molecule has 1 saturated carbocycles. The van der Waals surface area contributed by atoms with Crippen LogP contribution in [0.4, 0.5) is 0 Å². The molecule has 0 unspecified atom stereocenters. The summed E-state index contributed by atoms with van der Waals surface area (Å²) < 4.78 is 2.05. The summed E-state index contributed by atoms with van der Waals surface area (Å²) in [6.45, 7) is 5.42. The Kier molecular flexibility index (Phi) is 2.90. The van der Waals surface area contributed by atoms with Crippen LogP contribution in [0.5, 0.6) is 0 Å². The van der Waals surface area contributed by atoms with Crippen molar-refractivity contribution < 1.29 is 0 Å². The number of aryl methyl sites for hydroxylation is 1. The molecule has 1 N–H and O–H groups in total. The normalized spacial score (nSPS) is 23.8. The first-order valence-electron chi connectivity index (χ1n) is 6.91. The van der Waals surface area contributed by atoms with Crippen molar-refractivity contribution in [3.63, 3.8) is 0 Å². The average Bonchev–Trinajstić information content (AvgIpc) is 2.94. The second kappa shape index (κ2) is 4.41. The van der Waals surface area contributed by atoms with Gasteiger partial charge >= 0.3 is 0 Å². The molecular weight excluding hydrogens is 212 g/mol. The van der Waals surface area contributed by atoms with Crippen LogP contribution in [0.2, 0.25) is 0 Å². The summed E-state index contributed by atoms with van der Waals surface area (Å²) in [6.07, 6.45) is 8.50. The van der Waals surface area contributed by atoms with Crippen molar-refractivity contribution in [1.29, 1.82) is 0 Å². The molecule has 1 aromatic heterocycles. The molecule has 0 spiro atoms. The van der Waals surface area contributed by atoms with E-state index in [1.165, 1.54) is 44.6 Å². The van der Waals surface area contributed by atoms with Gasteiger partial charge in [0.15, 0.2) is 0 Å². The SMILES string of the molecule is CCn1ncnc1CC1(C2CCCC2)CNC1. The zero-order valence-electron chi connectivity index (χ0n) is 10.7. The van der Waals surface area contributed by atoms with Crippen molar-refractivity contribution >= 4 is 0 Å². The second-order valence-electron chi connectivity index (χ2n) is 5.62. The maximum Gasteiger partial charge on any atom is 0.138 e. The maximum atomic E-state index is 4.45. The van der Waals surface area contributed by atoms with E-state index in [0.717, 1.165) is 18.9 Å². The molecule has 2 heterocycles. The molecule has 94 valence electrons. The molecule has 1 aliphatic heterocycles. The van der Waals surface area contributed by atoms with Gasteiger partial charge in [-0.3, -0.25) is 4.68 Å². The van der Waals surface area contributed by atoms with Crippen molar-refractivity contribution in [2.45, 2.75) is 45.6 Å². The first-order valence-corrected chi connectivity index (χ1v) is 6.91. The molecule has 0 atom stereocenters. The molecule has 2 fully saturated rings. The highest BCUT2D eigenvalue weighted by molar-refractivity contribution is 5.05. The Labute approximate surface area is 103 Å². The van der Waals surface area contributed by atoms with Crippen LogP contribution in [0.15, 0.2) is 6.33 Å². The largest absolute Gasteiger partial charge is 0.315 e. The third-order valence-corrected chi connectivity index (χ3v) is 4.68. The summed E-state index contributed by atoms with van der Waals surface area (Å²) in [5.41, 5.74) is 0.483. The van der Waals surface area contributed by atoms with E-state index < -0.39 is 0 Å². The summed E-state index contributed by atoms with van der Waals surface area (Å²) >= 11 is 0. The lowest BCUT2D eigenvalue weighted by Crippen LogP contribution is -2.58. The van der Waals surface area contributed by atoms with Gasteiger partial charge in [-0.05, 0) is 25.7 Å². The van der Waals surface area contributed by atoms with Gasteiger partial charge in [0, 0.05) is 31.5 Å². The molecule has 17 heavy (non-hydrogen) atoms. The van der Waals surface area contributed by atoms with Crippen LogP contribution >= 0.6 is 0 Å². The first kappa shape index (κ1) is 11.2. The van der Waals surface area contributed by atoms with Gasteiger partial charge in [0.1, 0.15) is 12.2 Å². The Morgan fingerprint density at radius 3 is 2.76 bits per heavy atom. The fourth-order valence-corrected chi connectivity index (χ4v) is 3.55. The monoisotopic (exact) mass is 234 g/mol. The van der Waals surface area contributed by atoms with Crippen LogP contribution in [-0.2, 0) is 13.0 Å². The number of hydrogen-bond acceptors (Lipinski definition) is 3. The van der Waals surface area contributed by atoms with Crippen molar-refractivity contribution in [3.05, 3.63) is 12.2 Å². The molecule has 0 bridgehead atoms. The second-order valence-corrected chi connectivity index (χ2v) is 5.62. The quantitative estimate of drug-likeness (QED) is 0.861. The average molecular weight is 234 g/mol. The Hall–Kier alpha value is -0.900. The van der Waals surface area contributed by atoms with Gasteiger partial charge in [-0.2, -0.15) is 5.10 Å². The summed E-state index contributed by atoms with van der Waals surface area (Å²) in [7, 11) is 0. The standard InChI is InChI=1S/C13H22N4/c1-2-17-12(15-10-16-17)7-13(8-14-9-13)11-5-3-4-6-11/h10-11,14H,2-9H2,1H3. The van der Waals surface area contributed by atoms with E-state index in [2.05, 4.69) is 27.0 Å². The Morgan fingerprint density at radius 1 is 1.41 bits per heavy atom. The van der Waals surface area contributed by atoms with Gasteiger partial charge in [0.05, 0.1) is 0 Å². The molecule has 4 heteroatoms. The first-order chi connectivity index (χ1) is 8.34. The van der Waals surface area contributed by atoms with Gasteiger partial charge in [-0.25, -0.2) is 4.98 Å². The molecule has 0 radical (unpaired) electrons. The Bertz CT molecular complexity index is 375. The van der Waals surface area contributed by atoms with Crippen molar-refractivity contribution in [1.82, 2.24) is 20.1 Å². The third-order valence-electron chi connectivity index (χ3n) is 4.68. The van der Waals surface area contributed by atoms with Crippen molar-refractivity contribution in [2.75, 3.05) is 13.1 Å². The van der Waals surface area contributed by atoms with Crippen LogP contribution < -0.4 is 5.32 Å². The topological polar surface area (TPSA) is 42.7 Å². The zero-order chi connectivity index (χ0) is 11.7. The molecule has 0 aromatic carbocycles. The summed E-state index contributed by atoms with van der Waals surface area (Å²) in [5, 5.41) is 7.76. The molecule has 1 aliphatic carbocycles. The van der Waals surface area contributed by atoms with Gasteiger partial charge < -0.3 is 5.32 Å². The third kappa shape index (κ3) is 1.88. The van der Waals surface area contributed by atoms with E-state index in [-0.39, 0.29) is 0 Å². The van der Waals surface area contributed by atoms with Crippen molar-refractivity contribution in [3.8, 4) is 0 Å². The summed E-state index contributed by atoms with van der Waals surface area (Å²) in [6, 6.07) is 0. The summed E-state index contributed by atoms with van der Waals surface area (Å²) in [5.74, 6) is 2.09. The lowest BCUT2D eigenvalue weighted by Gasteiger charge is -2.47. The van der Waals surface area contributed by atoms with Crippen LogP contribution in [0.25, 0.3) is 0 Å². The van der Waals surface area contributed by atoms with E-state index in [1.807, 2.05) is 0 Å². The van der Waals surface area contributed by atoms with Crippen LogP contribution in [-0.4, -0.2) is 27.9 Å². The van der Waals surface area contributed by atoms with Crippen LogP contribution in [0.3, 0.4) is 0 Å². The molecule has 2 aliphatic rings. The van der Waals surface area contributed by atoms with Crippen LogP contribution in [0, 0.1) is 11.3 Å². The Morgan fingerprint density at radius 2 is 2.18 bits per heavy atom. The summed E-state index contributed by atoms with van der Waals surface area (Å²) in [4.78, 5) is 4.45. The van der Waals surface area contributed by atoms with E-state index in [1.54, 1.807) is 6.33 Å². The molecule has 1 saturated heterocycles. The zero-order valence-corrected chi connectivity index (χ0v) is 10.7. The van der Waals surface area contributed by atoms with Gasteiger partial charge in [0.2, 0.25) is 0 Å². The highest BCUT2D eigenvalue weighted by Gasteiger charge is 2.45. The lowest BCUT2D eigenvalue weighted by molar-refractivity contribution is 0.0772. The van der Waals surface area contributed by atoms with E-state index >= 15 is 0 Å². The van der Waals surface area contributed by atoms with Gasteiger partial charge in [0.25, 0.3) is 0 Å². The lowest BCUT2D eigenvalue weighted by atomic mass is 9.67. The fourth-order valence-electron chi connectivity index (χ4n) is 3.55. The molecule has 3 rings (SSSR count). The predicted octanol–water partition coefficient (Wildman–Crippen LogP) is 1.62. The number of hydrogen-bond donors (Lipinski definition) is 1. The van der Waals surface area contributed by atoms with Crippen molar-refractivity contribution in [2.24, 2.45) is 11.3 Å². The Balaban J connectivity index is 1.77. The van der Waals surface area contributed by atoms with Gasteiger partial charge in [-0.15, -0.1) is 0 Å². The van der Waals surface area contributed by atoms with Crippen LogP contribution in [0.1, 0.15) is 38.4 Å². The minimum Gasteiger partial charge on any atom is -0.315 e. The highest BCUT2D eigenvalue weighted by Crippen LogP contribution is 2.44. The molecule has 1 aromatic rings. The molecular formula is C13H22N4. The number of nitrogens with zero attached hydrogens (tertiary/aromatic N) is 3. The van der Waals surface area contributed by atoms with E-state index in [4.69, 9.17) is 0 Å². The minimum atomic E-state index is 0.483. The van der Waals surface area contributed by atoms with E-state index in [0.29, 0.717) is 5.41 Å². The molecule has 4 nitrogen and oxygen atoms in total. The maximum absolute atomic E-state index is 4.45. The van der Waals surface area contributed by atoms with Gasteiger partial charge in [-0.1, -0.05) is 12.8 Å². The van der Waals surface area contributed by atoms with E-state index in [9.17, 15) is 0 Å². The number of aromatic nitrogens is 3.